The summed E-state index contributed by atoms with van der Waals surface area (Å²) in [5.41, 5.74) is 5.27. The molecule has 0 saturated heterocycles. The number of hydrogen-bond donors (Lipinski definition) is 2. The molecule has 0 aliphatic heterocycles. The van der Waals surface area contributed by atoms with Gasteiger partial charge in [0.25, 0.3) is 0 Å². The Bertz CT molecular complexity index is 369. The summed E-state index contributed by atoms with van der Waals surface area (Å²) in [7, 11) is 3.40. The van der Waals surface area contributed by atoms with Crippen LogP contribution in [-0.2, 0) is 4.74 Å². The summed E-state index contributed by atoms with van der Waals surface area (Å²) < 4.78 is 10.5. The molecule has 102 valence electrons. The molecule has 0 heterocycles. The van der Waals surface area contributed by atoms with Gasteiger partial charge in [-0.3, -0.25) is 11.3 Å². The van der Waals surface area contributed by atoms with Crippen LogP contribution < -0.4 is 16.0 Å². The van der Waals surface area contributed by atoms with Gasteiger partial charge in [-0.05, 0) is 49.9 Å². The Hall–Kier alpha value is -1.10. The predicted octanol–water partition coefficient (Wildman–Crippen LogP) is 2.32. The molecule has 4 nitrogen and oxygen atoms in total. The Morgan fingerprint density at radius 3 is 2.50 bits per heavy atom. The van der Waals surface area contributed by atoms with Crippen LogP contribution >= 0.6 is 0 Å². The molecule has 0 aliphatic carbocycles. The van der Waals surface area contributed by atoms with Crippen molar-refractivity contribution < 1.29 is 9.47 Å². The predicted molar refractivity (Wildman–Crippen MR) is 73.5 cm³/mol. The van der Waals surface area contributed by atoms with Gasteiger partial charge in [-0.1, -0.05) is 6.07 Å². The Morgan fingerprint density at radius 1 is 1.28 bits per heavy atom. The van der Waals surface area contributed by atoms with E-state index in [9.17, 15) is 0 Å². The number of methoxy groups -OCH3 is 2. The van der Waals surface area contributed by atoms with Crippen LogP contribution in [0.15, 0.2) is 18.2 Å². The molecule has 1 rings (SSSR count). The average molecular weight is 252 g/mol. The molecule has 0 aliphatic rings. The molecule has 3 N–H and O–H groups in total. The summed E-state index contributed by atoms with van der Waals surface area (Å²) in [6.07, 6.45) is 2.16. The van der Waals surface area contributed by atoms with E-state index in [1.165, 1.54) is 11.1 Å². The van der Waals surface area contributed by atoms with E-state index in [1.54, 1.807) is 14.2 Å². The van der Waals surface area contributed by atoms with Crippen molar-refractivity contribution in [3.63, 3.8) is 0 Å². The van der Waals surface area contributed by atoms with Gasteiger partial charge in [0, 0.05) is 13.2 Å². The summed E-state index contributed by atoms with van der Waals surface area (Å²) >= 11 is 0. The molecule has 0 spiro atoms. The second-order valence-corrected chi connectivity index (χ2v) is 4.57. The lowest BCUT2D eigenvalue weighted by atomic mass is 9.97. The Kier molecular flexibility index (Phi) is 6.12. The Labute approximate surface area is 109 Å². The molecular weight excluding hydrogens is 228 g/mol. The first kappa shape index (κ1) is 15.0. The highest BCUT2D eigenvalue weighted by Crippen LogP contribution is 2.25. The lowest BCUT2D eigenvalue weighted by Crippen LogP contribution is -2.29. The normalized spacial score (nSPS) is 14.3. The van der Waals surface area contributed by atoms with Crippen molar-refractivity contribution in [1.29, 1.82) is 0 Å². The van der Waals surface area contributed by atoms with E-state index in [4.69, 9.17) is 15.3 Å². The Morgan fingerprint density at radius 2 is 2.00 bits per heavy atom. The van der Waals surface area contributed by atoms with Gasteiger partial charge in [0.15, 0.2) is 0 Å². The molecule has 18 heavy (non-hydrogen) atoms. The molecule has 2 atom stereocenters. The van der Waals surface area contributed by atoms with Crippen molar-refractivity contribution >= 4 is 0 Å². The van der Waals surface area contributed by atoms with Crippen LogP contribution in [0.4, 0.5) is 0 Å². The van der Waals surface area contributed by atoms with Crippen LogP contribution in [-0.4, -0.2) is 20.3 Å². The molecule has 1 aromatic carbocycles. The van der Waals surface area contributed by atoms with Crippen LogP contribution in [0.2, 0.25) is 0 Å². The number of hydrogen-bond acceptors (Lipinski definition) is 4. The SMILES string of the molecule is COc1ccc(C(CCC(C)OC)NN)c(C)c1. The quantitative estimate of drug-likeness (QED) is 0.577. The Balaban J connectivity index is 2.75. The number of ether oxygens (including phenoxy) is 2. The minimum absolute atomic E-state index is 0.147. The molecule has 0 radical (unpaired) electrons. The third-order valence-electron chi connectivity index (χ3n) is 3.32. The van der Waals surface area contributed by atoms with Crippen LogP contribution in [0.3, 0.4) is 0 Å². The van der Waals surface area contributed by atoms with E-state index in [0.29, 0.717) is 0 Å². The molecule has 2 unspecified atom stereocenters. The van der Waals surface area contributed by atoms with E-state index in [0.717, 1.165) is 18.6 Å². The zero-order valence-corrected chi connectivity index (χ0v) is 11.7. The van der Waals surface area contributed by atoms with Gasteiger partial charge in [0.05, 0.1) is 13.2 Å². The summed E-state index contributed by atoms with van der Waals surface area (Å²) in [6, 6.07) is 6.20. The third kappa shape index (κ3) is 3.98. The van der Waals surface area contributed by atoms with E-state index >= 15 is 0 Å². The third-order valence-corrected chi connectivity index (χ3v) is 3.32. The summed E-state index contributed by atoms with van der Waals surface area (Å²) in [5, 5.41) is 0. The highest BCUT2D eigenvalue weighted by Gasteiger charge is 2.14. The maximum absolute atomic E-state index is 5.65. The first-order valence-electron chi connectivity index (χ1n) is 6.25. The molecule has 0 amide bonds. The first-order valence-corrected chi connectivity index (χ1v) is 6.25. The second kappa shape index (κ2) is 7.36. The van der Waals surface area contributed by atoms with E-state index in [1.807, 2.05) is 12.1 Å². The maximum atomic E-state index is 5.65. The average Bonchev–Trinajstić information content (AvgIpc) is 2.40. The van der Waals surface area contributed by atoms with Gasteiger partial charge in [-0.25, -0.2) is 0 Å². The van der Waals surface area contributed by atoms with E-state index < -0.39 is 0 Å². The molecule has 0 fully saturated rings. The number of nitrogens with one attached hydrogen (secondary N) is 1. The van der Waals surface area contributed by atoms with Gasteiger partial charge in [0.1, 0.15) is 5.75 Å². The van der Waals surface area contributed by atoms with Gasteiger partial charge >= 0.3 is 0 Å². The molecule has 0 saturated carbocycles. The highest BCUT2D eigenvalue weighted by atomic mass is 16.5. The van der Waals surface area contributed by atoms with Crippen molar-refractivity contribution in [1.82, 2.24) is 5.43 Å². The molecule has 0 aromatic heterocycles. The number of hydrazine groups is 1. The summed E-state index contributed by atoms with van der Waals surface area (Å²) in [6.45, 7) is 4.14. The molecule has 0 bridgehead atoms. The number of benzene rings is 1. The molecule has 4 heteroatoms. The van der Waals surface area contributed by atoms with Crippen LogP contribution in [0.5, 0.6) is 5.75 Å². The zero-order chi connectivity index (χ0) is 13.5. The van der Waals surface area contributed by atoms with Crippen molar-refractivity contribution in [3.8, 4) is 5.75 Å². The fraction of sp³-hybridized carbons (Fsp3) is 0.571. The summed E-state index contributed by atoms with van der Waals surface area (Å²) in [5.74, 6) is 6.52. The minimum Gasteiger partial charge on any atom is -0.497 e. The van der Waals surface area contributed by atoms with Crippen molar-refractivity contribution in [2.45, 2.75) is 38.8 Å². The minimum atomic E-state index is 0.147. The van der Waals surface area contributed by atoms with Gasteiger partial charge in [-0.2, -0.15) is 0 Å². The first-order chi connectivity index (χ1) is 8.62. The zero-order valence-electron chi connectivity index (χ0n) is 11.7. The fourth-order valence-corrected chi connectivity index (χ4v) is 2.01. The van der Waals surface area contributed by atoms with Gasteiger partial charge in [0.2, 0.25) is 0 Å². The molecular formula is C14H24N2O2. The smallest absolute Gasteiger partial charge is 0.119 e. The van der Waals surface area contributed by atoms with Crippen LogP contribution in [0, 0.1) is 6.92 Å². The standard InChI is InChI=1S/C14H24N2O2/c1-10-9-12(18-4)6-7-13(10)14(16-15)8-5-11(2)17-3/h6-7,9,11,14,16H,5,8,15H2,1-4H3. The van der Waals surface area contributed by atoms with Gasteiger partial charge < -0.3 is 9.47 Å². The van der Waals surface area contributed by atoms with E-state index in [2.05, 4.69) is 25.3 Å². The van der Waals surface area contributed by atoms with Gasteiger partial charge in [-0.15, -0.1) is 0 Å². The van der Waals surface area contributed by atoms with Crippen molar-refractivity contribution in [3.05, 3.63) is 29.3 Å². The highest BCUT2D eigenvalue weighted by molar-refractivity contribution is 5.36. The van der Waals surface area contributed by atoms with Crippen LogP contribution in [0.1, 0.15) is 36.9 Å². The second-order valence-electron chi connectivity index (χ2n) is 4.57. The lowest BCUT2D eigenvalue weighted by molar-refractivity contribution is 0.106. The fourth-order valence-electron chi connectivity index (χ4n) is 2.01. The van der Waals surface area contributed by atoms with Crippen molar-refractivity contribution in [2.75, 3.05) is 14.2 Å². The maximum Gasteiger partial charge on any atom is 0.119 e. The van der Waals surface area contributed by atoms with Crippen LogP contribution in [0.25, 0.3) is 0 Å². The largest absolute Gasteiger partial charge is 0.497 e. The number of rotatable bonds is 7. The monoisotopic (exact) mass is 252 g/mol. The lowest BCUT2D eigenvalue weighted by Gasteiger charge is -2.20. The number of aryl methyl sites for hydroxylation is 1. The van der Waals surface area contributed by atoms with Crippen molar-refractivity contribution in [2.24, 2.45) is 5.84 Å². The number of nitrogens with two attached hydrogens (primary N) is 1. The summed E-state index contributed by atoms with van der Waals surface area (Å²) in [4.78, 5) is 0. The van der Waals surface area contributed by atoms with E-state index in [-0.39, 0.29) is 12.1 Å². The molecule has 1 aromatic rings. The topological polar surface area (TPSA) is 56.5 Å².